The van der Waals surface area contributed by atoms with E-state index in [1.165, 1.54) is 41.2 Å². The average Bonchev–Trinajstić information content (AvgIpc) is 2.88. The molecule has 0 unspecified atom stereocenters. The Morgan fingerprint density at radius 3 is 2.59 bits per heavy atom. The zero-order chi connectivity index (χ0) is 15.9. The number of nitrogen functional groups attached to an aromatic ring is 1. The van der Waals surface area contributed by atoms with Crippen molar-refractivity contribution in [1.29, 1.82) is 0 Å². The smallest absolute Gasteiger partial charge is 0.269 e. The quantitative estimate of drug-likeness (QED) is 0.450. The molecule has 1 aromatic carbocycles. The number of carbonyl (C=O) groups excluding carboxylic acids is 1. The largest absolute Gasteiger partial charge is 0.380 e. The fourth-order valence-electron chi connectivity index (χ4n) is 2.26. The molecular formula is C13H8ClN5O3. The second-order valence-corrected chi connectivity index (χ2v) is 4.81. The monoisotopic (exact) mass is 317 g/mol. The molecule has 0 radical (unpaired) electrons. The average molecular weight is 318 g/mol. The zero-order valence-electron chi connectivity index (χ0n) is 10.9. The predicted molar refractivity (Wildman–Crippen MR) is 79.7 cm³/mol. The van der Waals surface area contributed by atoms with E-state index in [-0.39, 0.29) is 17.1 Å². The lowest BCUT2D eigenvalue weighted by Gasteiger charge is -2.04. The Balaban J connectivity index is 2.30. The van der Waals surface area contributed by atoms with Gasteiger partial charge in [0.2, 0.25) is 0 Å². The van der Waals surface area contributed by atoms with Crippen LogP contribution in [0, 0.1) is 10.1 Å². The number of non-ortho nitro benzene ring substituents is 1. The fourth-order valence-corrected chi connectivity index (χ4v) is 2.40. The van der Waals surface area contributed by atoms with Gasteiger partial charge in [-0.25, -0.2) is 0 Å². The van der Waals surface area contributed by atoms with Crippen molar-refractivity contribution < 1.29 is 9.72 Å². The van der Waals surface area contributed by atoms with Crippen LogP contribution < -0.4 is 5.73 Å². The summed E-state index contributed by atoms with van der Waals surface area (Å²) < 4.78 is 1.54. The summed E-state index contributed by atoms with van der Waals surface area (Å²) in [5, 5.41) is 17.5. The molecule has 0 saturated carbocycles. The van der Waals surface area contributed by atoms with Crippen molar-refractivity contribution >= 4 is 33.9 Å². The van der Waals surface area contributed by atoms with Crippen LogP contribution in [0.15, 0.2) is 36.8 Å². The maximum atomic E-state index is 11.7. The van der Waals surface area contributed by atoms with Gasteiger partial charge in [-0.1, -0.05) is 0 Å². The van der Waals surface area contributed by atoms with Gasteiger partial charge in [-0.3, -0.25) is 14.9 Å². The molecule has 0 bridgehead atoms. The number of nitro groups is 1. The first kappa shape index (κ1) is 14.0. The maximum Gasteiger partial charge on any atom is 0.269 e. The topological polar surface area (TPSA) is 116 Å². The molecule has 2 N–H and O–H groups in total. The van der Waals surface area contributed by atoms with Gasteiger partial charge in [0.25, 0.3) is 10.9 Å². The first-order valence-corrected chi connectivity index (χ1v) is 6.43. The third-order valence-corrected chi connectivity index (χ3v) is 3.40. The van der Waals surface area contributed by atoms with Crippen molar-refractivity contribution in [3.8, 4) is 11.1 Å². The standard InChI is InChI=1S/C13H8ClN5O3/c14-12(20)9-5-18-6-16-17-13(15)11(18)10(9)7-1-3-8(4-2-7)19(21)22/h1-6H,(H2,15,17). The van der Waals surface area contributed by atoms with Crippen LogP contribution in [0.25, 0.3) is 16.6 Å². The van der Waals surface area contributed by atoms with E-state index in [0.717, 1.165) is 0 Å². The number of carbonyl (C=O) groups is 1. The Bertz CT molecular complexity index is 904. The van der Waals surface area contributed by atoms with E-state index >= 15 is 0 Å². The van der Waals surface area contributed by atoms with Gasteiger partial charge in [-0.2, -0.15) is 0 Å². The molecule has 0 atom stereocenters. The van der Waals surface area contributed by atoms with Gasteiger partial charge in [0, 0.05) is 23.9 Å². The summed E-state index contributed by atoms with van der Waals surface area (Å²) >= 11 is 5.62. The van der Waals surface area contributed by atoms with E-state index in [4.69, 9.17) is 17.3 Å². The molecule has 0 spiro atoms. The number of hydrogen-bond donors (Lipinski definition) is 1. The maximum absolute atomic E-state index is 11.7. The number of halogens is 1. The van der Waals surface area contributed by atoms with Crippen molar-refractivity contribution in [3.63, 3.8) is 0 Å². The number of nitrogens with zero attached hydrogens (tertiary/aromatic N) is 4. The van der Waals surface area contributed by atoms with Crippen LogP contribution in [-0.4, -0.2) is 24.8 Å². The van der Waals surface area contributed by atoms with E-state index in [0.29, 0.717) is 16.6 Å². The molecule has 2 aromatic heterocycles. The molecular weight excluding hydrogens is 310 g/mol. The minimum Gasteiger partial charge on any atom is -0.380 e. The molecule has 2 heterocycles. The van der Waals surface area contributed by atoms with Crippen LogP contribution in [0.4, 0.5) is 11.5 Å². The van der Waals surface area contributed by atoms with Crippen molar-refractivity contribution in [2.45, 2.75) is 0 Å². The van der Waals surface area contributed by atoms with E-state index in [1.807, 2.05) is 0 Å². The van der Waals surface area contributed by atoms with Gasteiger partial charge in [0.1, 0.15) is 6.33 Å². The molecule has 9 heteroatoms. The summed E-state index contributed by atoms with van der Waals surface area (Å²) in [6.07, 6.45) is 2.89. The summed E-state index contributed by atoms with van der Waals surface area (Å²) in [6, 6.07) is 5.73. The number of hydrogen-bond acceptors (Lipinski definition) is 6. The van der Waals surface area contributed by atoms with Gasteiger partial charge in [0.15, 0.2) is 5.82 Å². The summed E-state index contributed by atoms with van der Waals surface area (Å²) in [6.45, 7) is 0. The number of anilines is 1. The van der Waals surface area contributed by atoms with Crippen molar-refractivity contribution in [1.82, 2.24) is 14.6 Å². The summed E-state index contributed by atoms with van der Waals surface area (Å²) in [5.41, 5.74) is 7.48. The minimum absolute atomic E-state index is 0.0567. The Morgan fingerprint density at radius 1 is 1.32 bits per heavy atom. The number of nitro benzene ring substituents is 1. The Morgan fingerprint density at radius 2 is 2.00 bits per heavy atom. The summed E-state index contributed by atoms with van der Waals surface area (Å²) in [7, 11) is 0. The van der Waals surface area contributed by atoms with Crippen molar-refractivity contribution in [2.24, 2.45) is 0 Å². The number of benzene rings is 1. The van der Waals surface area contributed by atoms with Gasteiger partial charge < -0.3 is 10.1 Å². The lowest BCUT2D eigenvalue weighted by atomic mass is 10.0. The van der Waals surface area contributed by atoms with Crippen molar-refractivity contribution in [3.05, 3.63) is 52.5 Å². The van der Waals surface area contributed by atoms with Crippen molar-refractivity contribution in [2.75, 3.05) is 5.73 Å². The molecule has 22 heavy (non-hydrogen) atoms. The van der Waals surface area contributed by atoms with Gasteiger partial charge in [-0.15, -0.1) is 10.2 Å². The first-order valence-electron chi connectivity index (χ1n) is 6.05. The Labute approximate surface area is 128 Å². The molecule has 0 fully saturated rings. The van der Waals surface area contributed by atoms with E-state index < -0.39 is 10.2 Å². The molecule has 8 nitrogen and oxygen atoms in total. The van der Waals surface area contributed by atoms with Crippen LogP contribution in [0.5, 0.6) is 0 Å². The Hall–Kier alpha value is -3.00. The zero-order valence-corrected chi connectivity index (χ0v) is 11.7. The highest BCUT2D eigenvalue weighted by Gasteiger charge is 2.20. The highest BCUT2D eigenvalue weighted by molar-refractivity contribution is 6.68. The third-order valence-electron chi connectivity index (χ3n) is 3.20. The van der Waals surface area contributed by atoms with Crippen LogP contribution in [0.2, 0.25) is 0 Å². The fraction of sp³-hybridized carbons (Fsp3) is 0. The third kappa shape index (κ3) is 2.15. The summed E-state index contributed by atoms with van der Waals surface area (Å²) in [5.74, 6) is 0.125. The number of nitrogens with two attached hydrogens (primary N) is 1. The molecule has 0 aliphatic heterocycles. The minimum atomic E-state index is -0.670. The normalized spacial score (nSPS) is 10.8. The first-order chi connectivity index (χ1) is 10.5. The molecule has 3 aromatic rings. The molecule has 0 amide bonds. The number of fused-ring (bicyclic) bond motifs is 1. The highest BCUT2D eigenvalue weighted by Crippen LogP contribution is 2.34. The second-order valence-electron chi connectivity index (χ2n) is 4.47. The molecule has 0 aliphatic carbocycles. The number of rotatable bonds is 3. The van der Waals surface area contributed by atoms with Gasteiger partial charge in [0.05, 0.1) is 16.0 Å². The second kappa shape index (κ2) is 5.08. The van der Waals surface area contributed by atoms with E-state index in [9.17, 15) is 14.9 Å². The predicted octanol–water partition coefficient (Wildman–Crippen LogP) is 2.27. The molecule has 0 saturated heterocycles. The van der Waals surface area contributed by atoms with E-state index in [2.05, 4.69) is 10.2 Å². The molecule has 110 valence electrons. The van der Waals surface area contributed by atoms with Crippen LogP contribution in [0.3, 0.4) is 0 Å². The van der Waals surface area contributed by atoms with Crippen LogP contribution in [-0.2, 0) is 0 Å². The lowest BCUT2D eigenvalue weighted by Crippen LogP contribution is -1.98. The SMILES string of the molecule is Nc1nncn2cc(C(=O)Cl)c(-c3ccc([N+](=O)[O-])cc3)c12. The molecule has 0 aliphatic rings. The highest BCUT2D eigenvalue weighted by atomic mass is 35.5. The van der Waals surface area contributed by atoms with Gasteiger partial charge >= 0.3 is 0 Å². The van der Waals surface area contributed by atoms with Gasteiger partial charge in [-0.05, 0) is 29.3 Å². The molecule has 3 rings (SSSR count). The lowest BCUT2D eigenvalue weighted by molar-refractivity contribution is -0.384. The Kier molecular flexibility index (Phi) is 3.22. The number of aromatic nitrogens is 3. The van der Waals surface area contributed by atoms with Crippen LogP contribution in [0.1, 0.15) is 10.4 Å². The van der Waals surface area contributed by atoms with Crippen LogP contribution >= 0.6 is 11.6 Å². The van der Waals surface area contributed by atoms with E-state index in [1.54, 1.807) is 0 Å². The summed E-state index contributed by atoms with van der Waals surface area (Å²) in [4.78, 5) is 21.9.